The number of aliphatic carboxylic acids is 1. The molecule has 0 bridgehead atoms. The average Bonchev–Trinajstić information content (AvgIpc) is 2.77. The number of methoxy groups -OCH3 is 1. The number of carboxylic acids is 1. The third-order valence-corrected chi connectivity index (χ3v) is 5.39. The van der Waals surface area contributed by atoms with E-state index in [1.54, 1.807) is 7.11 Å². The maximum atomic E-state index is 12.2. The Balaban J connectivity index is 2.39. The molecule has 1 rings (SSSR count). The Morgan fingerprint density at radius 3 is 2.03 bits per heavy atom. The molecule has 0 aliphatic heterocycles. The fourth-order valence-electron chi connectivity index (χ4n) is 3.53. The van der Waals surface area contributed by atoms with Crippen LogP contribution in [0.1, 0.15) is 102 Å². The van der Waals surface area contributed by atoms with Crippen molar-refractivity contribution in [3.05, 3.63) is 29.8 Å². The largest absolute Gasteiger partial charge is 0.497 e. The van der Waals surface area contributed by atoms with E-state index in [4.69, 9.17) is 14.6 Å². The van der Waals surface area contributed by atoms with Crippen molar-refractivity contribution in [1.29, 1.82) is 0 Å². The lowest BCUT2D eigenvalue weighted by atomic mass is 10.0. The molecule has 176 valence electrons. The summed E-state index contributed by atoms with van der Waals surface area (Å²) in [4.78, 5) is 22.7. The third kappa shape index (κ3) is 13.6. The van der Waals surface area contributed by atoms with E-state index in [-0.39, 0.29) is 12.5 Å². The summed E-state index contributed by atoms with van der Waals surface area (Å²) >= 11 is 0. The quantitative estimate of drug-likeness (QED) is 0.253. The van der Waals surface area contributed by atoms with Gasteiger partial charge in [-0.1, -0.05) is 76.8 Å². The lowest BCUT2D eigenvalue weighted by Gasteiger charge is -2.19. The predicted molar refractivity (Wildman–Crippen MR) is 124 cm³/mol. The van der Waals surface area contributed by atoms with Crippen LogP contribution in [0, 0.1) is 0 Å². The molecule has 31 heavy (non-hydrogen) atoms. The van der Waals surface area contributed by atoms with Gasteiger partial charge in [0.2, 0.25) is 0 Å². The van der Waals surface area contributed by atoms with Crippen molar-refractivity contribution in [2.75, 3.05) is 13.7 Å². The number of alkyl carbamates (subject to hydrolysis) is 1. The second-order valence-electron chi connectivity index (χ2n) is 8.06. The summed E-state index contributed by atoms with van der Waals surface area (Å²) in [6, 6.07) is 7.60. The monoisotopic (exact) mass is 435 g/mol. The molecule has 0 fully saturated rings. The van der Waals surface area contributed by atoms with Gasteiger partial charge in [-0.15, -0.1) is 0 Å². The van der Waals surface area contributed by atoms with E-state index in [0.29, 0.717) is 13.0 Å². The normalized spacial score (nSPS) is 11.7. The molecule has 6 nitrogen and oxygen atoms in total. The number of carboxylic acid groups (broad SMARTS) is 1. The highest BCUT2D eigenvalue weighted by atomic mass is 16.6. The first-order valence-corrected chi connectivity index (χ1v) is 11.9. The van der Waals surface area contributed by atoms with Crippen molar-refractivity contribution in [2.24, 2.45) is 0 Å². The van der Waals surface area contributed by atoms with Gasteiger partial charge in [0, 0.05) is 13.0 Å². The Morgan fingerprint density at radius 2 is 1.48 bits per heavy atom. The van der Waals surface area contributed by atoms with Gasteiger partial charge in [0.05, 0.1) is 7.11 Å². The minimum absolute atomic E-state index is 0.0286. The second kappa shape index (κ2) is 17.4. The number of rotatable bonds is 18. The Hall–Kier alpha value is -2.24. The Bertz CT molecular complexity index is 602. The van der Waals surface area contributed by atoms with Gasteiger partial charge in [0.15, 0.2) is 0 Å². The summed E-state index contributed by atoms with van der Waals surface area (Å²) in [5, 5.41) is 11.3. The predicted octanol–water partition coefficient (Wildman–Crippen LogP) is 6.64. The van der Waals surface area contributed by atoms with Gasteiger partial charge in [-0.2, -0.15) is 0 Å². The van der Waals surface area contributed by atoms with E-state index >= 15 is 0 Å². The summed E-state index contributed by atoms with van der Waals surface area (Å²) in [5.41, 5.74) is 0.942. The lowest BCUT2D eigenvalue weighted by Crippen LogP contribution is -2.27. The van der Waals surface area contributed by atoms with E-state index < -0.39 is 12.1 Å². The number of unbranched alkanes of at least 4 members (excludes halogenated alkanes) is 9. The maximum absolute atomic E-state index is 12.2. The number of hydrogen-bond acceptors (Lipinski definition) is 4. The first-order valence-electron chi connectivity index (χ1n) is 11.9. The van der Waals surface area contributed by atoms with Crippen molar-refractivity contribution in [2.45, 2.75) is 96.5 Å². The molecule has 0 saturated carbocycles. The number of carbonyl (C=O) groups excluding carboxylic acids is 1. The third-order valence-electron chi connectivity index (χ3n) is 5.39. The van der Waals surface area contributed by atoms with Crippen LogP contribution in [0.3, 0.4) is 0 Å². The number of ether oxygens (including phenoxy) is 2. The molecule has 1 aromatic rings. The van der Waals surface area contributed by atoms with Gasteiger partial charge < -0.3 is 19.9 Å². The van der Waals surface area contributed by atoms with Crippen molar-refractivity contribution < 1.29 is 24.2 Å². The number of nitrogens with one attached hydrogen (secondary N) is 1. The fraction of sp³-hybridized carbons (Fsp3) is 0.680. The molecular formula is C25H41NO5. The molecule has 0 aromatic heterocycles. The minimum Gasteiger partial charge on any atom is -0.497 e. The minimum atomic E-state index is -0.868. The molecular weight excluding hydrogens is 394 g/mol. The van der Waals surface area contributed by atoms with E-state index in [2.05, 4.69) is 12.2 Å². The van der Waals surface area contributed by atoms with Gasteiger partial charge in [-0.3, -0.25) is 4.79 Å². The zero-order valence-corrected chi connectivity index (χ0v) is 19.4. The van der Waals surface area contributed by atoms with Crippen LogP contribution in [0.4, 0.5) is 4.79 Å². The average molecular weight is 436 g/mol. The van der Waals surface area contributed by atoms with Crippen LogP contribution in [-0.4, -0.2) is 30.8 Å². The summed E-state index contributed by atoms with van der Waals surface area (Å²) in [7, 11) is 1.62. The highest BCUT2D eigenvalue weighted by Crippen LogP contribution is 2.26. The molecule has 0 aliphatic rings. The number of hydrogen-bond donors (Lipinski definition) is 2. The molecule has 0 radical (unpaired) electrons. The summed E-state index contributed by atoms with van der Waals surface area (Å²) < 4.78 is 10.9. The van der Waals surface area contributed by atoms with Crippen LogP contribution < -0.4 is 10.1 Å². The van der Waals surface area contributed by atoms with Crippen LogP contribution in [0.15, 0.2) is 24.3 Å². The Labute approximate surface area is 187 Å². The first-order chi connectivity index (χ1) is 15.1. The Kier molecular flexibility index (Phi) is 15.1. The number of amides is 1. The highest BCUT2D eigenvalue weighted by molar-refractivity contribution is 5.68. The highest BCUT2D eigenvalue weighted by Gasteiger charge is 2.16. The lowest BCUT2D eigenvalue weighted by molar-refractivity contribution is -0.137. The maximum Gasteiger partial charge on any atom is 0.407 e. The second-order valence-corrected chi connectivity index (χ2v) is 8.06. The number of carbonyl (C=O) groups is 2. The van der Waals surface area contributed by atoms with Gasteiger partial charge in [-0.25, -0.2) is 4.79 Å². The fourth-order valence-corrected chi connectivity index (χ4v) is 3.53. The van der Waals surface area contributed by atoms with E-state index in [1.165, 1.54) is 51.4 Å². The Morgan fingerprint density at radius 1 is 0.903 bits per heavy atom. The summed E-state index contributed by atoms with van der Waals surface area (Å²) in [5.74, 6) is -0.105. The molecule has 1 amide bonds. The van der Waals surface area contributed by atoms with Crippen LogP contribution >= 0.6 is 0 Å². The van der Waals surface area contributed by atoms with Gasteiger partial charge in [0.1, 0.15) is 11.9 Å². The summed E-state index contributed by atoms with van der Waals surface area (Å²) in [6.07, 6.45) is 13.0. The van der Waals surface area contributed by atoms with Crippen LogP contribution in [0.5, 0.6) is 5.75 Å². The van der Waals surface area contributed by atoms with E-state index in [0.717, 1.165) is 30.6 Å². The smallest absolute Gasteiger partial charge is 0.407 e. The van der Waals surface area contributed by atoms with Gasteiger partial charge >= 0.3 is 12.1 Å². The zero-order chi connectivity index (χ0) is 22.7. The SMILES string of the molecule is CCCCCCCCCCCCC(OC(=O)NCCCC(=O)O)c1ccc(OC)cc1. The van der Waals surface area contributed by atoms with Gasteiger partial charge in [0.25, 0.3) is 0 Å². The van der Waals surface area contributed by atoms with Crippen LogP contribution in [-0.2, 0) is 9.53 Å². The van der Waals surface area contributed by atoms with Crippen molar-refractivity contribution in [3.63, 3.8) is 0 Å². The van der Waals surface area contributed by atoms with Crippen molar-refractivity contribution in [1.82, 2.24) is 5.32 Å². The zero-order valence-electron chi connectivity index (χ0n) is 19.4. The molecule has 2 N–H and O–H groups in total. The standard InChI is InChI=1S/C25H41NO5/c1-3-4-5-6-7-8-9-10-11-12-14-23(21-16-18-22(30-2)19-17-21)31-25(29)26-20-13-15-24(27)28/h16-19,23H,3-15,20H2,1-2H3,(H,26,29)(H,27,28). The van der Waals surface area contributed by atoms with E-state index in [1.807, 2.05) is 24.3 Å². The van der Waals surface area contributed by atoms with Gasteiger partial charge in [-0.05, 0) is 37.0 Å². The van der Waals surface area contributed by atoms with Crippen molar-refractivity contribution >= 4 is 12.1 Å². The first kappa shape index (κ1) is 26.8. The molecule has 1 atom stereocenters. The molecule has 0 saturated heterocycles. The molecule has 1 unspecified atom stereocenters. The molecule has 0 spiro atoms. The number of benzene rings is 1. The van der Waals surface area contributed by atoms with E-state index in [9.17, 15) is 9.59 Å². The molecule has 1 aromatic carbocycles. The van der Waals surface area contributed by atoms with Crippen molar-refractivity contribution in [3.8, 4) is 5.75 Å². The van der Waals surface area contributed by atoms with Crippen LogP contribution in [0.2, 0.25) is 0 Å². The summed E-state index contributed by atoms with van der Waals surface area (Å²) in [6.45, 7) is 2.53. The molecule has 0 heterocycles. The molecule has 0 aliphatic carbocycles. The van der Waals surface area contributed by atoms with Crippen LogP contribution in [0.25, 0.3) is 0 Å². The topological polar surface area (TPSA) is 84.9 Å². The molecule has 6 heteroatoms.